The Kier molecular flexibility index (Phi) is 2.49. The zero-order chi connectivity index (χ0) is 9.19. The standard InChI is InChI=1S/C6H10N2O3S/c1-7-2-3-8(6-7)4-5-12(9,10)11/h2-3,6H,4-5H2,1H3. The largest absolute Gasteiger partial charge is 0.748 e. The fourth-order valence-electron chi connectivity index (χ4n) is 0.851. The van der Waals surface area contributed by atoms with Crippen molar-refractivity contribution in [3.8, 4) is 0 Å². The van der Waals surface area contributed by atoms with Crippen LogP contribution >= 0.6 is 0 Å². The highest BCUT2D eigenvalue weighted by Crippen LogP contribution is 1.88. The number of imidazole rings is 1. The summed E-state index contributed by atoms with van der Waals surface area (Å²) in [5.41, 5.74) is 0. The Labute approximate surface area is 71.0 Å². The van der Waals surface area contributed by atoms with Gasteiger partial charge in [-0.1, -0.05) is 0 Å². The summed E-state index contributed by atoms with van der Waals surface area (Å²) in [4.78, 5) is 0. The van der Waals surface area contributed by atoms with Gasteiger partial charge in [0.2, 0.25) is 6.33 Å². The van der Waals surface area contributed by atoms with Crippen LogP contribution in [-0.4, -0.2) is 23.3 Å². The lowest BCUT2D eigenvalue weighted by Gasteiger charge is -2.02. The van der Waals surface area contributed by atoms with Crippen LogP contribution in [0.25, 0.3) is 0 Å². The van der Waals surface area contributed by atoms with Gasteiger partial charge in [0.15, 0.2) is 0 Å². The fraction of sp³-hybridized carbons (Fsp3) is 0.500. The molecule has 0 saturated carbocycles. The molecule has 0 bridgehead atoms. The van der Waals surface area contributed by atoms with Crippen molar-refractivity contribution in [2.75, 3.05) is 5.75 Å². The first-order valence-electron chi connectivity index (χ1n) is 3.42. The van der Waals surface area contributed by atoms with Crippen molar-refractivity contribution in [2.45, 2.75) is 6.54 Å². The zero-order valence-corrected chi connectivity index (χ0v) is 7.49. The minimum atomic E-state index is -4.09. The van der Waals surface area contributed by atoms with Crippen LogP contribution in [0.5, 0.6) is 0 Å². The Hall–Kier alpha value is -0.880. The van der Waals surface area contributed by atoms with E-state index in [9.17, 15) is 13.0 Å². The van der Waals surface area contributed by atoms with Crippen molar-refractivity contribution in [1.82, 2.24) is 4.57 Å². The SMILES string of the molecule is C[n+]1ccn(CCS(=O)(=O)[O-])c1. The molecule has 0 radical (unpaired) electrons. The van der Waals surface area contributed by atoms with Gasteiger partial charge in [0.25, 0.3) is 0 Å². The first-order valence-corrected chi connectivity index (χ1v) is 5.00. The monoisotopic (exact) mass is 190 g/mol. The van der Waals surface area contributed by atoms with Gasteiger partial charge in [-0.25, -0.2) is 17.6 Å². The highest BCUT2D eigenvalue weighted by Gasteiger charge is 2.01. The van der Waals surface area contributed by atoms with Gasteiger partial charge < -0.3 is 4.55 Å². The Morgan fingerprint density at radius 2 is 2.25 bits per heavy atom. The second kappa shape index (κ2) is 3.24. The lowest BCUT2D eigenvalue weighted by atomic mass is 10.7. The number of hydrogen-bond acceptors (Lipinski definition) is 3. The summed E-state index contributed by atoms with van der Waals surface area (Å²) in [5, 5.41) is 0. The topological polar surface area (TPSA) is 66.0 Å². The molecule has 0 aromatic carbocycles. The number of aryl methyl sites for hydroxylation is 2. The van der Waals surface area contributed by atoms with Gasteiger partial charge >= 0.3 is 0 Å². The van der Waals surface area contributed by atoms with E-state index in [1.54, 1.807) is 27.9 Å². The Bertz CT molecular complexity index is 355. The molecular formula is C6H10N2O3S. The third-order valence-electron chi connectivity index (χ3n) is 1.42. The predicted molar refractivity (Wildman–Crippen MR) is 40.2 cm³/mol. The average Bonchev–Trinajstić information content (AvgIpc) is 2.30. The summed E-state index contributed by atoms with van der Waals surface area (Å²) in [6.45, 7) is 0.215. The minimum absolute atomic E-state index is 0.215. The second-order valence-electron chi connectivity index (χ2n) is 2.58. The van der Waals surface area contributed by atoms with Crippen LogP contribution in [0.4, 0.5) is 0 Å². The molecular weight excluding hydrogens is 180 g/mol. The Morgan fingerprint density at radius 1 is 1.58 bits per heavy atom. The predicted octanol–water partition coefficient (Wildman–Crippen LogP) is -1.14. The molecule has 0 spiro atoms. The molecule has 0 fully saturated rings. The number of rotatable bonds is 3. The molecule has 0 amide bonds. The summed E-state index contributed by atoms with van der Waals surface area (Å²) in [7, 11) is -2.27. The highest BCUT2D eigenvalue weighted by atomic mass is 32.2. The van der Waals surface area contributed by atoms with E-state index in [-0.39, 0.29) is 12.3 Å². The van der Waals surface area contributed by atoms with Gasteiger partial charge in [-0.2, -0.15) is 0 Å². The molecule has 5 nitrogen and oxygen atoms in total. The van der Waals surface area contributed by atoms with Crippen LogP contribution in [0.1, 0.15) is 0 Å². The summed E-state index contributed by atoms with van der Waals surface area (Å²) in [5.74, 6) is -0.359. The van der Waals surface area contributed by atoms with Crippen LogP contribution in [0.15, 0.2) is 18.7 Å². The molecule has 0 saturated heterocycles. The molecule has 0 aliphatic heterocycles. The van der Waals surface area contributed by atoms with Crippen molar-refractivity contribution < 1.29 is 17.5 Å². The van der Waals surface area contributed by atoms with E-state index < -0.39 is 10.1 Å². The second-order valence-corrected chi connectivity index (χ2v) is 4.10. The molecule has 68 valence electrons. The van der Waals surface area contributed by atoms with E-state index in [1.807, 2.05) is 7.05 Å². The maximum absolute atomic E-state index is 10.2. The van der Waals surface area contributed by atoms with Gasteiger partial charge in [0, 0.05) is 0 Å². The summed E-state index contributed by atoms with van der Waals surface area (Å²) >= 11 is 0. The smallest absolute Gasteiger partial charge is 0.243 e. The van der Waals surface area contributed by atoms with Crippen molar-refractivity contribution in [3.05, 3.63) is 18.7 Å². The van der Waals surface area contributed by atoms with E-state index in [0.29, 0.717) is 0 Å². The molecule has 6 heteroatoms. The Morgan fingerprint density at radius 3 is 2.67 bits per heavy atom. The zero-order valence-electron chi connectivity index (χ0n) is 6.67. The van der Waals surface area contributed by atoms with Crippen molar-refractivity contribution in [1.29, 1.82) is 0 Å². The van der Waals surface area contributed by atoms with Gasteiger partial charge in [-0.3, -0.25) is 0 Å². The number of nitrogens with zero attached hydrogens (tertiary/aromatic N) is 2. The molecule has 12 heavy (non-hydrogen) atoms. The lowest BCUT2D eigenvalue weighted by Crippen LogP contribution is -2.24. The van der Waals surface area contributed by atoms with E-state index >= 15 is 0 Å². The fourth-order valence-corrected chi connectivity index (χ4v) is 1.29. The van der Waals surface area contributed by atoms with E-state index in [1.165, 1.54) is 0 Å². The maximum atomic E-state index is 10.2. The normalized spacial score (nSPS) is 11.8. The van der Waals surface area contributed by atoms with Crippen LogP contribution in [0.3, 0.4) is 0 Å². The molecule has 0 atom stereocenters. The lowest BCUT2D eigenvalue weighted by molar-refractivity contribution is -0.671. The minimum Gasteiger partial charge on any atom is -0.748 e. The number of hydrogen-bond donors (Lipinski definition) is 0. The summed E-state index contributed by atoms with van der Waals surface area (Å²) < 4.78 is 34.1. The molecule has 0 aliphatic rings. The third kappa shape index (κ3) is 3.02. The van der Waals surface area contributed by atoms with Crippen LogP contribution in [-0.2, 0) is 23.7 Å². The third-order valence-corrected chi connectivity index (χ3v) is 2.11. The van der Waals surface area contributed by atoms with Gasteiger partial charge in [-0.15, -0.1) is 0 Å². The molecule has 1 rings (SSSR count). The average molecular weight is 190 g/mol. The summed E-state index contributed by atoms with van der Waals surface area (Å²) in [6, 6.07) is 0. The molecule has 1 aromatic heterocycles. The highest BCUT2D eigenvalue weighted by molar-refractivity contribution is 7.85. The quantitative estimate of drug-likeness (QED) is 0.447. The molecule has 1 heterocycles. The maximum Gasteiger partial charge on any atom is 0.243 e. The Balaban J connectivity index is 2.55. The molecule has 0 aliphatic carbocycles. The van der Waals surface area contributed by atoms with Crippen LogP contribution in [0.2, 0.25) is 0 Å². The molecule has 1 aromatic rings. The van der Waals surface area contributed by atoms with Crippen LogP contribution < -0.4 is 4.57 Å². The van der Waals surface area contributed by atoms with E-state index in [2.05, 4.69) is 0 Å². The molecule has 0 unspecified atom stereocenters. The summed E-state index contributed by atoms with van der Waals surface area (Å²) in [6.07, 6.45) is 5.20. The van der Waals surface area contributed by atoms with Crippen molar-refractivity contribution in [3.63, 3.8) is 0 Å². The van der Waals surface area contributed by atoms with Crippen LogP contribution in [0, 0.1) is 0 Å². The van der Waals surface area contributed by atoms with Crippen molar-refractivity contribution in [2.24, 2.45) is 7.05 Å². The van der Waals surface area contributed by atoms with E-state index in [0.717, 1.165) is 0 Å². The van der Waals surface area contributed by atoms with Gasteiger partial charge in [0.05, 0.1) is 22.9 Å². The first-order chi connectivity index (χ1) is 5.47. The van der Waals surface area contributed by atoms with Gasteiger partial charge in [0.1, 0.15) is 18.9 Å². The van der Waals surface area contributed by atoms with Gasteiger partial charge in [-0.05, 0) is 0 Å². The van der Waals surface area contributed by atoms with E-state index in [4.69, 9.17) is 0 Å². The molecule has 0 N–H and O–H groups in total. The van der Waals surface area contributed by atoms with Crippen molar-refractivity contribution >= 4 is 10.1 Å². The first kappa shape index (κ1) is 9.21. The number of aromatic nitrogens is 2.